The summed E-state index contributed by atoms with van der Waals surface area (Å²) < 4.78 is 23.0. The highest BCUT2D eigenvalue weighted by atomic mass is 32.2. The van der Waals surface area contributed by atoms with Gasteiger partial charge in [0.2, 0.25) is 0 Å². The molecule has 0 spiro atoms. The van der Waals surface area contributed by atoms with Gasteiger partial charge in [0.05, 0.1) is 5.25 Å². The lowest BCUT2D eigenvalue weighted by atomic mass is 10.1. The maximum Gasteiger partial charge on any atom is 0.151 e. The first kappa shape index (κ1) is 11.6. The molecule has 0 aromatic heterocycles. The molecule has 0 aliphatic heterocycles. The van der Waals surface area contributed by atoms with Gasteiger partial charge in [0.15, 0.2) is 9.84 Å². The molecular weight excluding hydrogens is 224 g/mol. The van der Waals surface area contributed by atoms with Crippen molar-refractivity contribution in [3.63, 3.8) is 0 Å². The van der Waals surface area contributed by atoms with Crippen LogP contribution in [0.4, 0.5) is 0 Å². The van der Waals surface area contributed by atoms with Gasteiger partial charge in [-0.2, -0.15) is 0 Å². The first-order valence-electron chi connectivity index (χ1n) is 5.31. The number of hydrogen-bond donors (Lipinski definition) is 1. The standard InChI is InChI=1S/C12H16O3S/c1-8-3-5-9(6-4-8)11-10(7-13)12(11)16(2,14)15/h3-6,10-13H,7H2,1-2H3/t10-,11-,12+/m1/s1. The zero-order valence-corrected chi connectivity index (χ0v) is 10.2. The van der Waals surface area contributed by atoms with Gasteiger partial charge in [0.1, 0.15) is 0 Å². The van der Waals surface area contributed by atoms with Crippen LogP contribution in [-0.4, -0.2) is 31.6 Å². The Balaban J connectivity index is 2.27. The predicted molar refractivity (Wildman–Crippen MR) is 63.1 cm³/mol. The van der Waals surface area contributed by atoms with Crippen LogP contribution >= 0.6 is 0 Å². The minimum Gasteiger partial charge on any atom is -0.396 e. The van der Waals surface area contributed by atoms with Crippen molar-refractivity contribution < 1.29 is 13.5 Å². The summed E-state index contributed by atoms with van der Waals surface area (Å²) in [4.78, 5) is 0. The number of aryl methyl sites for hydroxylation is 1. The van der Waals surface area contributed by atoms with Crippen molar-refractivity contribution in [1.82, 2.24) is 0 Å². The molecule has 1 N–H and O–H groups in total. The summed E-state index contributed by atoms with van der Waals surface area (Å²) in [5.41, 5.74) is 2.17. The summed E-state index contributed by atoms with van der Waals surface area (Å²) in [5, 5.41) is 8.76. The number of aliphatic hydroxyl groups excluding tert-OH is 1. The van der Waals surface area contributed by atoms with Gasteiger partial charge in [-0.3, -0.25) is 0 Å². The minimum absolute atomic E-state index is 0.0272. The Morgan fingerprint density at radius 3 is 2.19 bits per heavy atom. The molecular formula is C12H16O3S. The third-order valence-electron chi connectivity index (χ3n) is 3.26. The lowest BCUT2D eigenvalue weighted by molar-refractivity contribution is 0.274. The van der Waals surface area contributed by atoms with E-state index in [1.807, 2.05) is 31.2 Å². The average Bonchev–Trinajstić information content (AvgIpc) is 2.92. The van der Waals surface area contributed by atoms with Gasteiger partial charge in [-0.15, -0.1) is 0 Å². The van der Waals surface area contributed by atoms with Crippen LogP contribution in [0.25, 0.3) is 0 Å². The van der Waals surface area contributed by atoms with Crippen LogP contribution in [-0.2, 0) is 9.84 Å². The molecule has 0 unspecified atom stereocenters. The Kier molecular flexibility index (Phi) is 2.80. The zero-order chi connectivity index (χ0) is 11.9. The maximum absolute atomic E-state index is 11.5. The zero-order valence-electron chi connectivity index (χ0n) is 9.42. The van der Waals surface area contributed by atoms with Gasteiger partial charge in [0, 0.05) is 24.7 Å². The largest absolute Gasteiger partial charge is 0.396 e. The normalized spacial score (nSPS) is 29.1. The SMILES string of the molecule is Cc1ccc([C@@H]2[C@@H](CO)[C@@H]2S(C)(=O)=O)cc1. The van der Waals surface area contributed by atoms with Crippen molar-refractivity contribution in [1.29, 1.82) is 0 Å². The van der Waals surface area contributed by atoms with Crippen molar-refractivity contribution in [2.75, 3.05) is 12.9 Å². The molecule has 2 rings (SSSR count). The maximum atomic E-state index is 11.5. The summed E-state index contributed by atoms with van der Waals surface area (Å²) in [6, 6.07) is 7.85. The quantitative estimate of drug-likeness (QED) is 0.861. The number of hydrogen-bond acceptors (Lipinski definition) is 3. The second-order valence-corrected chi connectivity index (χ2v) is 6.78. The Bertz CT molecular complexity index is 475. The minimum atomic E-state index is -3.06. The predicted octanol–water partition coefficient (Wildman–Crippen LogP) is 1.11. The van der Waals surface area contributed by atoms with Gasteiger partial charge in [-0.05, 0) is 12.5 Å². The Morgan fingerprint density at radius 2 is 1.81 bits per heavy atom. The van der Waals surface area contributed by atoms with Crippen LogP contribution < -0.4 is 0 Å². The molecule has 0 radical (unpaired) electrons. The summed E-state index contributed by atoms with van der Waals surface area (Å²) in [6.45, 7) is 1.94. The second kappa shape index (κ2) is 3.86. The molecule has 1 aliphatic rings. The van der Waals surface area contributed by atoms with Gasteiger partial charge in [-0.1, -0.05) is 29.8 Å². The smallest absolute Gasteiger partial charge is 0.151 e. The molecule has 4 heteroatoms. The first-order valence-corrected chi connectivity index (χ1v) is 7.27. The molecule has 1 aromatic carbocycles. The average molecular weight is 240 g/mol. The van der Waals surface area contributed by atoms with E-state index in [0.717, 1.165) is 11.1 Å². The number of aliphatic hydroxyl groups is 1. The molecule has 3 atom stereocenters. The van der Waals surface area contributed by atoms with Crippen LogP contribution in [0.3, 0.4) is 0 Å². The molecule has 88 valence electrons. The fourth-order valence-corrected chi connectivity index (χ4v) is 4.06. The highest BCUT2D eigenvalue weighted by Gasteiger charge is 2.56. The fourth-order valence-electron chi connectivity index (χ4n) is 2.37. The van der Waals surface area contributed by atoms with E-state index in [-0.39, 0.29) is 18.4 Å². The van der Waals surface area contributed by atoms with E-state index in [0.29, 0.717) is 0 Å². The third kappa shape index (κ3) is 1.99. The van der Waals surface area contributed by atoms with E-state index in [4.69, 9.17) is 5.11 Å². The lowest BCUT2D eigenvalue weighted by Crippen LogP contribution is -2.08. The Morgan fingerprint density at radius 1 is 1.25 bits per heavy atom. The van der Waals surface area contributed by atoms with Gasteiger partial charge < -0.3 is 5.11 Å². The molecule has 0 amide bonds. The van der Waals surface area contributed by atoms with Crippen molar-refractivity contribution in [3.8, 4) is 0 Å². The van der Waals surface area contributed by atoms with Gasteiger partial charge >= 0.3 is 0 Å². The van der Waals surface area contributed by atoms with E-state index in [1.165, 1.54) is 6.26 Å². The molecule has 0 bridgehead atoms. The van der Waals surface area contributed by atoms with E-state index < -0.39 is 15.1 Å². The van der Waals surface area contributed by atoms with Gasteiger partial charge in [0.25, 0.3) is 0 Å². The van der Waals surface area contributed by atoms with Crippen molar-refractivity contribution in [2.45, 2.75) is 18.1 Å². The van der Waals surface area contributed by atoms with Crippen LogP contribution in [0.15, 0.2) is 24.3 Å². The van der Waals surface area contributed by atoms with Crippen molar-refractivity contribution >= 4 is 9.84 Å². The molecule has 0 heterocycles. The Labute approximate surface area is 96.0 Å². The molecule has 1 fully saturated rings. The topological polar surface area (TPSA) is 54.4 Å². The highest BCUT2D eigenvalue weighted by Crippen LogP contribution is 2.51. The summed E-state index contributed by atoms with van der Waals surface area (Å²) in [7, 11) is -3.06. The number of sulfone groups is 1. The molecule has 1 saturated carbocycles. The molecule has 3 nitrogen and oxygen atoms in total. The number of benzene rings is 1. The summed E-state index contributed by atoms with van der Waals surface area (Å²) in [6.07, 6.45) is 1.24. The summed E-state index contributed by atoms with van der Waals surface area (Å²) >= 11 is 0. The Hall–Kier alpha value is -0.870. The monoisotopic (exact) mass is 240 g/mol. The van der Waals surface area contributed by atoms with Crippen molar-refractivity contribution in [3.05, 3.63) is 35.4 Å². The van der Waals surface area contributed by atoms with E-state index >= 15 is 0 Å². The molecule has 16 heavy (non-hydrogen) atoms. The lowest BCUT2D eigenvalue weighted by Gasteiger charge is -2.00. The van der Waals surface area contributed by atoms with Gasteiger partial charge in [-0.25, -0.2) is 8.42 Å². The molecule has 0 saturated heterocycles. The van der Waals surface area contributed by atoms with E-state index in [9.17, 15) is 8.42 Å². The van der Waals surface area contributed by atoms with Crippen molar-refractivity contribution in [2.24, 2.45) is 5.92 Å². The van der Waals surface area contributed by atoms with Crippen LogP contribution in [0.1, 0.15) is 17.0 Å². The third-order valence-corrected chi connectivity index (χ3v) is 4.90. The highest BCUT2D eigenvalue weighted by molar-refractivity contribution is 7.91. The van der Waals surface area contributed by atoms with Crippen LogP contribution in [0.2, 0.25) is 0 Å². The van der Waals surface area contributed by atoms with E-state index in [1.54, 1.807) is 0 Å². The summed E-state index contributed by atoms with van der Waals surface area (Å²) in [5.74, 6) is -0.154. The fraction of sp³-hybridized carbons (Fsp3) is 0.500. The molecule has 1 aromatic rings. The van der Waals surface area contributed by atoms with Crippen LogP contribution in [0, 0.1) is 12.8 Å². The second-order valence-electron chi connectivity index (χ2n) is 4.58. The van der Waals surface area contributed by atoms with Crippen LogP contribution in [0.5, 0.6) is 0 Å². The first-order chi connectivity index (χ1) is 7.45. The number of rotatable bonds is 3. The molecule has 1 aliphatic carbocycles. The van der Waals surface area contributed by atoms with E-state index in [2.05, 4.69) is 0 Å².